The third-order valence-electron chi connectivity index (χ3n) is 5.31. The van der Waals surface area contributed by atoms with Crippen LogP contribution in [0, 0.1) is 10.5 Å². The number of hydrogen-bond donors (Lipinski definition) is 0. The molecule has 1 fully saturated rings. The molecule has 2 amide bonds. The topological polar surface area (TPSA) is 55.8 Å². The van der Waals surface area contributed by atoms with Gasteiger partial charge in [-0.2, -0.15) is 0 Å². The van der Waals surface area contributed by atoms with Crippen LogP contribution in [0.3, 0.4) is 0 Å². The number of benzene rings is 3. The van der Waals surface area contributed by atoms with E-state index in [1.165, 1.54) is 12.0 Å². The van der Waals surface area contributed by atoms with Crippen molar-refractivity contribution in [2.45, 2.75) is 20.1 Å². The van der Waals surface area contributed by atoms with Gasteiger partial charge in [-0.3, -0.25) is 14.5 Å². The van der Waals surface area contributed by atoms with Gasteiger partial charge in [0.15, 0.2) is 11.5 Å². The molecule has 8 heteroatoms. The lowest BCUT2D eigenvalue weighted by Crippen LogP contribution is -2.27. The average molecular weight is 606 g/mol. The predicted octanol–water partition coefficient (Wildman–Crippen LogP) is 7.08. The van der Waals surface area contributed by atoms with E-state index in [1.54, 1.807) is 18.2 Å². The highest BCUT2D eigenvalue weighted by Gasteiger charge is 2.35. The van der Waals surface area contributed by atoms with Crippen LogP contribution in [0.2, 0.25) is 5.02 Å². The molecule has 0 bridgehead atoms. The number of aryl methyl sites for hydroxylation is 1. The molecule has 5 nitrogen and oxygen atoms in total. The number of rotatable bonds is 7. The van der Waals surface area contributed by atoms with Gasteiger partial charge in [-0.1, -0.05) is 48.0 Å². The lowest BCUT2D eigenvalue weighted by atomic mass is 10.1. The normalized spacial score (nSPS) is 14.7. The van der Waals surface area contributed by atoms with Crippen molar-refractivity contribution in [3.8, 4) is 11.5 Å². The Morgan fingerprint density at radius 2 is 1.82 bits per heavy atom. The molecule has 3 aromatic carbocycles. The number of carbonyl (C=O) groups is 2. The summed E-state index contributed by atoms with van der Waals surface area (Å²) in [5.41, 5.74) is 3.70. The number of ether oxygens (including phenoxy) is 2. The van der Waals surface area contributed by atoms with Gasteiger partial charge in [0.05, 0.1) is 23.6 Å². The first-order chi connectivity index (χ1) is 16.4. The smallest absolute Gasteiger partial charge is 0.293 e. The molecule has 0 saturated carbocycles. The first kappa shape index (κ1) is 24.6. The number of thioether (sulfide) groups is 1. The van der Waals surface area contributed by atoms with Crippen molar-refractivity contribution in [1.82, 2.24) is 4.90 Å². The summed E-state index contributed by atoms with van der Waals surface area (Å²) in [6.07, 6.45) is 1.65. The predicted molar refractivity (Wildman–Crippen MR) is 144 cm³/mol. The number of imide groups is 1. The minimum Gasteiger partial charge on any atom is -0.493 e. The van der Waals surface area contributed by atoms with Crippen LogP contribution < -0.4 is 9.47 Å². The first-order valence-corrected chi connectivity index (χ1v) is 12.7. The van der Waals surface area contributed by atoms with Crippen molar-refractivity contribution >= 4 is 63.2 Å². The van der Waals surface area contributed by atoms with E-state index in [-0.39, 0.29) is 17.7 Å². The Labute approximate surface area is 221 Å². The van der Waals surface area contributed by atoms with Crippen molar-refractivity contribution in [2.75, 3.05) is 7.11 Å². The molecular weight excluding hydrogens is 585 g/mol. The van der Waals surface area contributed by atoms with Gasteiger partial charge >= 0.3 is 0 Å². The minimum atomic E-state index is -0.330. The number of halogens is 2. The fourth-order valence-electron chi connectivity index (χ4n) is 3.45. The van der Waals surface area contributed by atoms with E-state index in [0.29, 0.717) is 33.6 Å². The van der Waals surface area contributed by atoms with Crippen LogP contribution in [0.4, 0.5) is 4.79 Å². The molecule has 1 aliphatic heterocycles. The molecule has 0 aromatic heterocycles. The second kappa shape index (κ2) is 10.8. The fourth-order valence-corrected chi connectivity index (χ4v) is 4.92. The average Bonchev–Trinajstić information content (AvgIpc) is 3.07. The van der Waals surface area contributed by atoms with Gasteiger partial charge in [-0.25, -0.2) is 0 Å². The van der Waals surface area contributed by atoms with E-state index in [1.807, 2.05) is 55.5 Å². The van der Waals surface area contributed by atoms with Crippen LogP contribution in [-0.2, 0) is 17.9 Å². The van der Waals surface area contributed by atoms with Gasteiger partial charge in [0, 0.05) is 3.57 Å². The van der Waals surface area contributed by atoms with Crippen LogP contribution in [0.25, 0.3) is 6.08 Å². The Bertz CT molecular complexity index is 1280. The van der Waals surface area contributed by atoms with Crippen LogP contribution in [0.15, 0.2) is 65.6 Å². The Balaban J connectivity index is 1.53. The van der Waals surface area contributed by atoms with E-state index in [2.05, 4.69) is 22.6 Å². The lowest BCUT2D eigenvalue weighted by Gasteiger charge is -2.14. The van der Waals surface area contributed by atoms with Crippen molar-refractivity contribution in [1.29, 1.82) is 0 Å². The first-order valence-electron chi connectivity index (χ1n) is 10.4. The van der Waals surface area contributed by atoms with E-state index < -0.39 is 0 Å². The molecule has 1 aliphatic rings. The summed E-state index contributed by atoms with van der Waals surface area (Å²) in [5, 5.41) is 0.0587. The van der Waals surface area contributed by atoms with Crippen molar-refractivity contribution in [3.63, 3.8) is 0 Å². The third-order valence-corrected chi connectivity index (χ3v) is 7.22. The minimum absolute atomic E-state index is 0.231. The van der Waals surface area contributed by atoms with Crippen molar-refractivity contribution in [3.05, 3.63) is 96.4 Å². The molecular formula is C26H21ClINO4S. The van der Waals surface area contributed by atoms with Gasteiger partial charge < -0.3 is 9.47 Å². The molecule has 4 rings (SSSR count). The third kappa shape index (κ3) is 5.59. The van der Waals surface area contributed by atoms with Gasteiger partial charge in [0.1, 0.15) is 6.61 Å². The summed E-state index contributed by atoms with van der Waals surface area (Å²) < 4.78 is 12.6. The van der Waals surface area contributed by atoms with Gasteiger partial charge in [-0.15, -0.1) is 0 Å². The zero-order chi connectivity index (χ0) is 24.2. The van der Waals surface area contributed by atoms with Crippen LogP contribution in [-0.4, -0.2) is 23.2 Å². The maximum absolute atomic E-state index is 12.9. The van der Waals surface area contributed by atoms with Crippen molar-refractivity contribution in [2.24, 2.45) is 0 Å². The Kier molecular flexibility index (Phi) is 7.85. The molecule has 0 atom stereocenters. The summed E-state index contributed by atoms with van der Waals surface area (Å²) in [7, 11) is 1.53. The summed E-state index contributed by atoms with van der Waals surface area (Å²) >= 11 is 9.64. The second-order valence-corrected chi connectivity index (χ2v) is 10.3. The Morgan fingerprint density at radius 1 is 1.09 bits per heavy atom. The maximum Gasteiger partial charge on any atom is 0.293 e. The molecule has 0 spiro atoms. The number of amides is 2. The highest BCUT2D eigenvalue weighted by atomic mass is 127. The summed E-state index contributed by atoms with van der Waals surface area (Å²) in [5.74, 6) is 0.547. The molecule has 0 aliphatic carbocycles. The molecule has 0 N–H and O–H groups in total. The fraction of sp³-hybridized carbons (Fsp3) is 0.154. The van der Waals surface area contributed by atoms with Crippen LogP contribution in [0.5, 0.6) is 11.5 Å². The van der Waals surface area contributed by atoms with E-state index in [4.69, 9.17) is 21.1 Å². The zero-order valence-corrected chi connectivity index (χ0v) is 22.2. The molecule has 1 heterocycles. The number of methoxy groups -OCH3 is 1. The summed E-state index contributed by atoms with van der Waals surface area (Å²) in [4.78, 5) is 27.0. The molecule has 3 aromatic rings. The number of nitrogens with zero attached hydrogens (tertiary/aromatic N) is 1. The second-order valence-electron chi connectivity index (χ2n) is 7.64. The van der Waals surface area contributed by atoms with E-state index >= 15 is 0 Å². The molecule has 0 radical (unpaired) electrons. The highest BCUT2D eigenvalue weighted by Crippen LogP contribution is 2.39. The maximum atomic E-state index is 12.9. The van der Waals surface area contributed by atoms with Gasteiger partial charge in [0.25, 0.3) is 11.1 Å². The number of hydrogen-bond acceptors (Lipinski definition) is 5. The van der Waals surface area contributed by atoms with Crippen LogP contribution >= 0.6 is 46.0 Å². The molecule has 34 heavy (non-hydrogen) atoms. The molecule has 174 valence electrons. The van der Waals surface area contributed by atoms with Crippen LogP contribution in [0.1, 0.15) is 22.3 Å². The summed E-state index contributed by atoms with van der Waals surface area (Å²) in [6.45, 7) is 2.60. The summed E-state index contributed by atoms with van der Waals surface area (Å²) in [6, 6.07) is 19.1. The lowest BCUT2D eigenvalue weighted by molar-refractivity contribution is -0.123. The largest absolute Gasteiger partial charge is 0.493 e. The van der Waals surface area contributed by atoms with Gasteiger partial charge in [-0.05, 0) is 93.9 Å². The Hall–Kier alpha value is -2.49. The quantitative estimate of drug-likeness (QED) is 0.213. The number of carbonyl (C=O) groups excluding carboxylic acids is 2. The SMILES string of the molecule is COc1cc(/C=C2\SC(=O)N(Cc3ccc(I)cc3)C2=O)cc(Cl)c1OCc1ccccc1C. The standard InChI is InChI=1S/C26H21ClINO4S/c1-16-5-3-4-6-19(16)15-33-24-21(27)11-18(12-22(24)32-2)13-23-25(30)29(26(31)34-23)14-17-7-9-20(28)10-8-17/h3-13H,14-15H2,1-2H3/b23-13-. The molecule has 1 saturated heterocycles. The zero-order valence-electron chi connectivity index (χ0n) is 18.5. The highest BCUT2D eigenvalue weighted by molar-refractivity contribution is 14.1. The molecule has 0 unspecified atom stereocenters. The monoisotopic (exact) mass is 605 g/mol. The Morgan fingerprint density at radius 3 is 2.53 bits per heavy atom. The van der Waals surface area contributed by atoms with Crippen molar-refractivity contribution < 1.29 is 19.1 Å². The van der Waals surface area contributed by atoms with E-state index in [0.717, 1.165) is 32.0 Å². The van der Waals surface area contributed by atoms with E-state index in [9.17, 15) is 9.59 Å². The van der Waals surface area contributed by atoms with Gasteiger partial charge in [0.2, 0.25) is 0 Å².